The zero-order chi connectivity index (χ0) is 12.3. The molecule has 1 aromatic heterocycles. The predicted molar refractivity (Wildman–Crippen MR) is 69.5 cm³/mol. The van der Waals surface area contributed by atoms with Crippen LogP contribution in [-0.2, 0) is 5.41 Å². The minimum atomic E-state index is 0.152. The second-order valence-corrected chi connectivity index (χ2v) is 5.11. The van der Waals surface area contributed by atoms with Crippen LogP contribution in [0.4, 0.5) is 0 Å². The van der Waals surface area contributed by atoms with Crippen LogP contribution in [0.2, 0.25) is 0 Å². The Bertz CT molecular complexity index is 380. The Kier molecular flexibility index (Phi) is 3.67. The van der Waals surface area contributed by atoms with Crippen LogP contribution in [0.3, 0.4) is 0 Å². The summed E-state index contributed by atoms with van der Waals surface area (Å²) in [4.78, 5) is 4.55. The number of hydrogen-bond donors (Lipinski definition) is 1. The van der Waals surface area contributed by atoms with E-state index in [-0.39, 0.29) is 5.41 Å². The van der Waals surface area contributed by atoms with E-state index in [0.29, 0.717) is 6.04 Å². The lowest BCUT2D eigenvalue weighted by Gasteiger charge is -2.25. The monoisotopic (exact) mass is 234 g/mol. The van der Waals surface area contributed by atoms with Gasteiger partial charge in [-0.05, 0) is 37.9 Å². The molecule has 0 saturated heterocycles. The maximum atomic E-state index is 5.44. The second-order valence-electron chi connectivity index (χ2n) is 5.11. The van der Waals surface area contributed by atoms with E-state index in [1.54, 1.807) is 7.11 Å². The van der Waals surface area contributed by atoms with Crippen LogP contribution in [0.5, 0.6) is 5.75 Å². The highest BCUT2D eigenvalue weighted by atomic mass is 16.5. The summed E-state index contributed by atoms with van der Waals surface area (Å²) in [5, 5.41) is 3.54. The van der Waals surface area contributed by atoms with E-state index in [0.717, 1.165) is 24.4 Å². The predicted octanol–water partition coefficient (Wildman–Crippen LogP) is 2.51. The van der Waals surface area contributed by atoms with Gasteiger partial charge in [-0.1, -0.05) is 13.8 Å². The summed E-state index contributed by atoms with van der Waals surface area (Å²) in [6.07, 6.45) is 5.42. The summed E-state index contributed by atoms with van der Waals surface area (Å²) in [7, 11) is 1.72. The molecule has 0 radical (unpaired) electrons. The lowest BCUT2D eigenvalue weighted by molar-refractivity contribution is 0.374. The zero-order valence-electron chi connectivity index (χ0n) is 11.0. The molecule has 0 amide bonds. The maximum absolute atomic E-state index is 5.44. The molecule has 1 saturated carbocycles. The van der Waals surface area contributed by atoms with Crippen molar-refractivity contribution in [3.05, 3.63) is 24.0 Å². The van der Waals surface area contributed by atoms with Gasteiger partial charge in [-0.25, -0.2) is 0 Å². The summed E-state index contributed by atoms with van der Waals surface area (Å²) in [5.41, 5.74) is 1.27. The molecule has 0 aromatic carbocycles. The van der Waals surface area contributed by atoms with E-state index in [4.69, 9.17) is 4.74 Å². The van der Waals surface area contributed by atoms with Gasteiger partial charge in [0.2, 0.25) is 0 Å². The molecule has 1 heterocycles. The third kappa shape index (κ3) is 2.44. The van der Waals surface area contributed by atoms with E-state index in [9.17, 15) is 0 Å². The van der Waals surface area contributed by atoms with Gasteiger partial charge in [0.05, 0.1) is 12.8 Å². The van der Waals surface area contributed by atoms with Gasteiger partial charge in [0, 0.05) is 17.7 Å². The van der Waals surface area contributed by atoms with Crippen LogP contribution in [0.1, 0.15) is 38.8 Å². The number of methoxy groups -OCH3 is 1. The van der Waals surface area contributed by atoms with E-state index in [1.165, 1.54) is 12.8 Å². The highest BCUT2D eigenvalue weighted by Crippen LogP contribution is 2.43. The summed E-state index contributed by atoms with van der Waals surface area (Å²) >= 11 is 0. The fraction of sp³-hybridized carbons (Fsp3) is 0.643. The Balaban J connectivity index is 2.21. The van der Waals surface area contributed by atoms with Crippen molar-refractivity contribution >= 4 is 0 Å². The molecule has 1 aliphatic carbocycles. The van der Waals surface area contributed by atoms with Crippen molar-refractivity contribution in [2.24, 2.45) is 0 Å². The highest BCUT2D eigenvalue weighted by molar-refractivity contribution is 5.34. The standard InChI is InChI=1S/C14H22N2O/c1-4-15-11-7-8-14(2,10-11)13-12(17-3)6-5-9-16-13/h5-6,9,11,15H,4,7-8,10H2,1-3H3. The molecule has 2 rings (SSSR count). The topological polar surface area (TPSA) is 34.2 Å². The summed E-state index contributed by atoms with van der Waals surface area (Å²) in [6.45, 7) is 5.51. The first kappa shape index (κ1) is 12.4. The Morgan fingerprint density at radius 2 is 2.41 bits per heavy atom. The van der Waals surface area contributed by atoms with Gasteiger partial charge in [0.25, 0.3) is 0 Å². The van der Waals surface area contributed by atoms with Gasteiger partial charge in [0.1, 0.15) is 5.75 Å². The van der Waals surface area contributed by atoms with Crippen molar-refractivity contribution in [1.29, 1.82) is 0 Å². The van der Waals surface area contributed by atoms with Crippen LogP contribution >= 0.6 is 0 Å². The molecule has 0 aliphatic heterocycles. The number of nitrogens with one attached hydrogen (secondary N) is 1. The lowest BCUT2D eigenvalue weighted by atomic mass is 9.84. The third-order valence-corrected chi connectivity index (χ3v) is 3.80. The smallest absolute Gasteiger partial charge is 0.140 e. The number of aromatic nitrogens is 1. The van der Waals surface area contributed by atoms with Crippen molar-refractivity contribution < 1.29 is 4.74 Å². The van der Waals surface area contributed by atoms with E-state index in [2.05, 4.69) is 24.1 Å². The molecule has 1 aromatic rings. The molecule has 3 nitrogen and oxygen atoms in total. The van der Waals surface area contributed by atoms with Crippen molar-refractivity contribution in [2.45, 2.75) is 44.6 Å². The molecule has 2 unspecified atom stereocenters. The van der Waals surface area contributed by atoms with E-state index < -0.39 is 0 Å². The summed E-state index contributed by atoms with van der Waals surface area (Å²) in [6, 6.07) is 4.56. The van der Waals surface area contributed by atoms with Crippen molar-refractivity contribution in [3.8, 4) is 5.75 Å². The fourth-order valence-electron chi connectivity index (χ4n) is 2.93. The van der Waals surface area contributed by atoms with Gasteiger partial charge >= 0.3 is 0 Å². The van der Waals surface area contributed by atoms with Gasteiger partial charge < -0.3 is 10.1 Å². The van der Waals surface area contributed by atoms with Crippen LogP contribution in [0.25, 0.3) is 0 Å². The summed E-state index contributed by atoms with van der Waals surface area (Å²) in [5.74, 6) is 0.923. The number of rotatable bonds is 4. The lowest BCUT2D eigenvalue weighted by Crippen LogP contribution is -2.29. The Hall–Kier alpha value is -1.09. The van der Waals surface area contributed by atoms with Crippen LogP contribution in [0.15, 0.2) is 18.3 Å². The molecule has 2 atom stereocenters. The average molecular weight is 234 g/mol. The van der Waals surface area contributed by atoms with Crippen LogP contribution in [0, 0.1) is 0 Å². The number of hydrogen-bond acceptors (Lipinski definition) is 3. The van der Waals surface area contributed by atoms with E-state index in [1.807, 2.05) is 18.3 Å². The first-order chi connectivity index (χ1) is 8.19. The van der Waals surface area contributed by atoms with Crippen molar-refractivity contribution in [2.75, 3.05) is 13.7 Å². The Morgan fingerprint density at radius 3 is 3.12 bits per heavy atom. The van der Waals surface area contributed by atoms with Crippen molar-refractivity contribution in [3.63, 3.8) is 0 Å². The quantitative estimate of drug-likeness (QED) is 0.869. The third-order valence-electron chi connectivity index (χ3n) is 3.80. The number of ether oxygens (including phenoxy) is 1. The zero-order valence-corrected chi connectivity index (χ0v) is 11.0. The normalized spacial score (nSPS) is 28.3. The Morgan fingerprint density at radius 1 is 1.59 bits per heavy atom. The minimum absolute atomic E-state index is 0.152. The van der Waals surface area contributed by atoms with Gasteiger partial charge in [-0.15, -0.1) is 0 Å². The largest absolute Gasteiger partial charge is 0.495 e. The Labute approximate surface area is 104 Å². The van der Waals surface area contributed by atoms with E-state index >= 15 is 0 Å². The van der Waals surface area contributed by atoms with Crippen LogP contribution in [-0.4, -0.2) is 24.7 Å². The SMILES string of the molecule is CCNC1CCC(C)(c2ncccc2OC)C1. The maximum Gasteiger partial charge on any atom is 0.140 e. The van der Waals surface area contributed by atoms with Gasteiger partial charge in [0.15, 0.2) is 0 Å². The molecule has 0 bridgehead atoms. The number of pyridine rings is 1. The molecule has 0 spiro atoms. The molecule has 3 heteroatoms. The highest BCUT2D eigenvalue weighted by Gasteiger charge is 2.39. The van der Waals surface area contributed by atoms with Crippen LogP contribution < -0.4 is 10.1 Å². The van der Waals surface area contributed by atoms with Crippen molar-refractivity contribution in [1.82, 2.24) is 10.3 Å². The first-order valence-corrected chi connectivity index (χ1v) is 6.42. The summed E-state index contributed by atoms with van der Waals surface area (Å²) < 4.78 is 5.44. The number of nitrogens with zero attached hydrogens (tertiary/aromatic N) is 1. The second kappa shape index (κ2) is 5.05. The fourth-order valence-corrected chi connectivity index (χ4v) is 2.93. The molecule has 1 fully saturated rings. The van der Waals surface area contributed by atoms with Gasteiger partial charge in [-0.3, -0.25) is 4.98 Å². The average Bonchev–Trinajstić information content (AvgIpc) is 2.73. The molecule has 17 heavy (non-hydrogen) atoms. The molecule has 1 N–H and O–H groups in total. The first-order valence-electron chi connectivity index (χ1n) is 6.42. The molecular weight excluding hydrogens is 212 g/mol. The molecule has 1 aliphatic rings. The minimum Gasteiger partial charge on any atom is -0.495 e. The van der Waals surface area contributed by atoms with Gasteiger partial charge in [-0.2, -0.15) is 0 Å². The molecular formula is C14H22N2O. The molecule has 94 valence electrons.